The van der Waals surface area contributed by atoms with Crippen LogP contribution in [0.25, 0.3) is 0 Å². The maximum atomic E-state index is 13.6. The van der Waals surface area contributed by atoms with E-state index in [-0.39, 0.29) is 34.9 Å². The first-order chi connectivity index (χ1) is 13.9. The van der Waals surface area contributed by atoms with Crippen molar-refractivity contribution in [2.24, 2.45) is 0 Å². The molecule has 1 aromatic carbocycles. The molecule has 0 bridgehead atoms. The third kappa shape index (κ3) is 4.23. The molecule has 5 nitrogen and oxygen atoms in total. The molecule has 0 radical (unpaired) electrons. The molecule has 0 aromatic heterocycles. The summed E-state index contributed by atoms with van der Waals surface area (Å²) in [5, 5.41) is 2.99. The van der Waals surface area contributed by atoms with Crippen LogP contribution in [-0.2, 0) is 10.9 Å². The zero-order valence-electron chi connectivity index (χ0n) is 16.6. The van der Waals surface area contributed by atoms with Gasteiger partial charge in [0.2, 0.25) is 0 Å². The van der Waals surface area contributed by atoms with Crippen molar-refractivity contribution in [1.29, 1.82) is 0 Å². The Morgan fingerprint density at radius 2 is 1.93 bits per heavy atom. The van der Waals surface area contributed by atoms with Crippen LogP contribution in [0.4, 0.5) is 13.2 Å². The van der Waals surface area contributed by atoms with Crippen molar-refractivity contribution in [3.05, 3.63) is 28.8 Å². The first kappa shape index (κ1) is 20.5. The topological polar surface area (TPSA) is 50.8 Å². The molecular weight excluding hydrogens is 385 g/mol. The Labute approximate surface area is 168 Å². The minimum atomic E-state index is -4.51. The first-order valence-corrected chi connectivity index (χ1v) is 10.3. The summed E-state index contributed by atoms with van der Waals surface area (Å²) < 4.78 is 51.8. The molecule has 160 valence electrons. The number of ether oxygens (including phenoxy) is 2. The molecule has 1 amide bonds. The van der Waals surface area contributed by atoms with Gasteiger partial charge >= 0.3 is 6.18 Å². The maximum Gasteiger partial charge on any atom is 0.416 e. The second-order valence-corrected chi connectivity index (χ2v) is 8.13. The quantitative estimate of drug-likeness (QED) is 0.803. The van der Waals surface area contributed by atoms with Gasteiger partial charge in [0.1, 0.15) is 5.75 Å². The first-order valence-electron chi connectivity index (χ1n) is 10.3. The summed E-state index contributed by atoms with van der Waals surface area (Å²) in [7, 11) is 1.38. The maximum absolute atomic E-state index is 13.6. The van der Waals surface area contributed by atoms with Gasteiger partial charge in [0.05, 0.1) is 30.9 Å². The van der Waals surface area contributed by atoms with E-state index in [4.69, 9.17) is 9.47 Å². The lowest BCUT2D eigenvalue weighted by Crippen LogP contribution is -2.56. The molecule has 8 heteroatoms. The average Bonchev–Trinajstić information content (AvgIpc) is 3.40. The Balaban J connectivity index is 1.65. The molecule has 1 saturated carbocycles. The van der Waals surface area contributed by atoms with Crippen LogP contribution in [0, 0.1) is 0 Å². The van der Waals surface area contributed by atoms with Crippen LogP contribution in [0.1, 0.15) is 59.5 Å². The lowest BCUT2D eigenvalue weighted by atomic mass is 9.94. The summed E-state index contributed by atoms with van der Waals surface area (Å²) in [4.78, 5) is 15.6. The predicted molar refractivity (Wildman–Crippen MR) is 101 cm³/mol. The molecule has 0 spiro atoms. The highest BCUT2D eigenvalue weighted by Crippen LogP contribution is 2.49. The van der Waals surface area contributed by atoms with Crippen molar-refractivity contribution < 1.29 is 27.4 Å². The van der Waals surface area contributed by atoms with Gasteiger partial charge in [-0.25, -0.2) is 0 Å². The molecule has 3 aliphatic rings. The highest BCUT2D eigenvalue weighted by Gasteiger charge is 2.42. The fourth-order valence-electron chi connectivity index (χ4n) is 4.66. The fraction of sp³-hybridized carbons (Fsp3) is 0.667. The standard InChI is InChI=1S/C21H27F3N2O3/c1-28-17-7-6-14(21(22,23)24)18(13-4-5-13)19(17)20(27)25-15-12-29-11-8-16(15)26-9-2-3-10-26/h6-7,13,15-16H,2-5,8-12H2,1H3,(H,25,27). The van der Waals surface area contributed by atoms with Crippen molar-refractivity contribution >= 4 is 5.91 Å². The van der Waals surface area contributed by atoms with Crippen LogP contribution in [0.15, 0.2) is 12.1 Å². The summed E-state index contributed by atoms with van der Waals surface area (Å²) >= 11 is 0. The Morgan fingerprint density at radius 1 is 1.21 bits per heavy atom. The number of alkyl halides is 3. The van der Waals surface area contributed by atoms with Crippen LogP contribution in [0.5, 0.6) is 5.75 Å². The SMILES string of the molecule is COc1ccc(C(F)(F)F)c(C2CC2)c1C(=O)NC1COCCC1N1CCCC1. The van der Waals surface area contributed by atoms with Crippen molar-refractivity contribution in [2.75, 3.05) is 33.4 Å². The molecule has 4 rings (SSSR count). The summed E-state index contributed by atoms with van der Waals surface area (Å²) in [6, 6.07) is 2.18. The average molecular weight is 412 g/mol. The number of amides is 1. The van der Waals surface area contributed by atoms with Crippen molar-refractivity contribution in [3.63, 3.8) is 0 Å². The number of likely N-dealkylation sites (tertiary alicyclic amines) is 1. The fourth-order valence-corrected chi connectivity index (χ4v) is 4.66. The molecule has 2 unspecified atom stereocenters. The van der Waals surface area contributed by atoms with E-state index in [1.165, 1.54) is 13.2 Å². The molecule has 1 aliphatic carbocycles. The Hall–Kier alpha value is -1.80. The van der Waals surface area contributed by atoms with Crippen molar-refractivity contribution in [1.82, 2.24) is 10.2 Å². The third-order valence-corrected chi connectivity index (χ3v) is 6.19. The van der Waals surface area contributed by atoms with Gasteiger partial charge in [0.15, 0.2) is 0 Å². The van der Waals surface area contributed by atoms with E-state index >= 15 is 0 Å². The zero-order valence-corrected chi connectivity index (χ0v) is 16.6. The summed E-state index contributed by atoms with van der Waals surface area (Å²) in [6.07, 6.45) is -0.138. The monoisotopic (exact) mass is 412 g/mol. The number of hydrogen-bond acceptors (Lipinski definition) is 4. The van der Waals surface area contributed by atoms with Gasteiger partial charge in [-0.3, -0.25) is 9.69 Å². The largest absolute Gasteiger partial charge is 0.496 e. The number of nitrogens with zero attached hydrogens (tertiary/aromatic N) is 1. The van der Waals surface area contributed by atoms with Gasteiger partial charge in [-0.15, -0.1) is 0 Å². The minimum Gasteiger partial charge on any atom is -0.496 e. The number of nitrogens with one attached hydrogen (secondary N) is 1. The van der Waals surface area contributed by atoms with Crippen molar-refractivity contribution in [3.8, 4) is 5.75 Å². The van der Waals surface area contributed by atoms with E-state index in [0.717, 1.165) is 38.4 Å². The minimum absolute atomic E-state index is 0.0237. The Bertz CT molecular complexity index is 758. The second-order valence-electron chi connectivity index (χ2n) is 8.13. The van der Waals surface area contributed by atoms with Crippen LogP contribution < -0.4 is 10.1 Å². The van der Waals surface area contributed by atoms with Gasteiger partial charge in [0.25, 0.3) is 5.91 Å². The highest BCUT2D eigenvalue weighted by molar-refractivity contribution is 5.99. The number of benzene rings is 1. The predicted octanol–water partition coefficient (Wildman–Crippen LogP) is 3.57. The smallest absolute Gasteiger partial charge is 0.416 e. The highest BCUT2D eigenvalue weighted by atomic mass is 19.4. The molecule has 2 heterocycles. The van der Waals surface area contributed by atoms with Crippen LogP contribution >= 0.6 is 0 Å². The van der Waals surface area contributed by atoms with E-state index in [1.54, 1.807) is 0 Å². The Morgan fingerprint density at radius 3 is 2.55 bits per heavy atom. The molecule has 2 aliphatic heterocycles. The van der Waals surface area contributed by atoms with E-state index < -0.39 is 17.6 Å². The normalized spacial score (nSPS) is 25.8. The Kier molecular flexibility index (Phi) is 5.75. The number of rotatable bonds is 5. The van der Waals surface area contributed by atoms with Crippen LogP contribution in [-0.4, -0.2) is 56.3 Å². The van der Waals surface area contributed by atoms with E-state index in [9.17, 15) is 18.0 Å². The third-order valence-electron chi connectivity index (χ3n) is 6.19. The van der Waals surface area contributed by atoms with Crippen molar-refractivity contribution in [2.45, 2.75) is 56.3 Å². The van der Waals surface area contributed by atoms with Gasteiger partial charge < -0.3 is 14.8 Å². The van der Waals surface area contributed by atoms with Crippen LogP contribution in [0.3, 0.4) is 0 Å². The number of carbonyl (C=O) groups excluding carboxylic acids is 1. The molecule has 1 N–H and O–H groups in total. The molecule has 2 saturated heterocycles. The number of hydrogen-bond donors (Lipinski definition) is 1. The molecule has 3 fully saturated rings. The summed E-state index contributed by atoms with van der Waals surface area (Å²) in [6.45, 7) is 2.97. The van der Waals surface area contributed by atoms with Gasteiger partial charge in [-0.2, -0.15) is 13.2 Å². The number of carbonyl (C=O) groups is 1. The van der Waals surface area contributed by atoms with Gasteiger partial charge in [-0.1, -0.05) is 0 Å². The molecular formula is C21H27F3N2O3. The van der Waals surface area contributed by atoms with Crippen LogP contribution in [0.2, 0.25) is 0 Å². The van der Waals surface area contributed by atoms with E-state index in [1.807, 2.05) is 0 Å². The van der Waals surface area contributed by atoms with Gasteiger partial charge in [0, 0.05) is 12.6 Å². The lowest BCUT2D eigenvalue weighted by Gasteiger charge is -2.38. The molecule has 1 aromatic rings. The van der Waals surface area contributed by atoms with E-state index in [0.29, 0.717) is 26.1 Å². The van der Waals surface area contributed by atoms with Gasteiger partial charge in [-0.05, 0) is 68.8 Å². The zero-order chi connectivity index (χ0) is 20.6. The number of halogens is 3. The molecule has 2 atom stereocenters. The van der Waals surface area contributed by atoms with E-state index in [2.05, 4.69) is 10.2 Å². The molecule has 29 heavy (non-hydrogen) atoms. The summed E-state index contributed by atoms with van der Waals surface area (Å²) in [5.41, 5.74) is -0.638. The second kappa shape index (κ2) is 8.14. The summed E-state index contributed by atoms with van der Waals surface area (Å²) in [5.74, 6) is -0.569. The lowest BCUT2D eigenvalue weighted by molar-refractivity contribution is -0.138. The number of methoxy groups -OCH3 is 1.